The van der Waals surface area contributed by atoms with Gasteiger partial charge in [-0.25, -0.2) is 0 Å². The van der Waals surface area contributed by atoms with E-state index in [9.17, 15) is 0 Å². The Kier molecular flexibility index (Phi) is 5.79. The van der Waals surface area contributed by atoms with E-state index >= 15 is 0 Å². The summed E-state index contributed by atoms with van der Waals surface area (Å²) < 4.78 is 0. The maximum atomic E-state index is 8.70. The van der Waals surface area contributed by atoms with Crippen LogP contribution in [0.3, 0.4) is 0 Å². The Hall–Kier alpha value is -0.0800. The van der Waals surface area contributed by atoms with Crippen LogP contribution in [0.5, 0.6) is 0 Å². The Balaban J connectivity index is 1.49. The maximum Gasteiger partial charge on any atom is 0.0431 e. The summed E-state index contributed by atoms with van der Waals surface area (Å²) in [5.74, 6) is 2.15. The summed E-state index contributed by atoms with van der Waals surface area (Å²) in [4.78, 5) is 0. The van der Waals surface area contributed by atoms with Crippen molar-refractivity contribution in [3.63, 3.8) is 0 Å². The van der Waals surface area contributed by atoms with Crippen LogP contribution >= 0.6 is 0 Å². The normalized spacial score (nSPS) is 29.5. The molecule has 2 heteroatoms. The summed E-state index contributed by atoms with van der Waals surface area (Å²) >= 11 is 0. The average molecular weight is 239 g/mol. The van der Waals surface area contributed by atoms with E-state index in [1.54, 1.807) is 0 Å². The van der Waals surface area contributed by atoms with Gasteiger partial charge in [-0.05, 0) is 56.9 Å². The molecule has 0 heterocycles. The highest BCUT2D eigenvalue weighted by molar-refractivity contribution is 4.87. The molecule has 0 spiro atoms. The highest BCUT2D eigenvalue weighted by Gasteiger charge is 2.34. The molecule has 2 saturated carbocycles. The van der Waals surface area contributed by atoms with Crippen molar-refractivity contribution >= 4 is 0 Å². The first kappa shape index (κ1) is 13.4. The lowest BCUT2D eigenvalue weighted by atomic mass is 9.82. The summed E-state index contributed by atoms with van der Waals surface area (Å²) in [6.07, 6.45) is 13.5. The maximum absolute atomic E-state index is 8.70. The molecular formula is C15H29NO. The van der Waals surface area contributed by atoms with E-state index in [2.05, 4.69) is 5.32 Å². The van der Waals surface area contributed by atoms with Crippen LogP contribution < -0.4 is 5.32 Å². The summed E-state index contributed by atoms with van der Waals surface area (Å²) in [6, 6.07) is 0.812. The van der Waals surface area contributed by atoms with Gasteiger partial charge in [0.15, 0.2) is 0 Å². The molecule has 0 aliphatic heterocycles. The largest absolute Gasteiger partial charge is 0.396 e. The van der Waals surface area contributed by atoms with Gasteiger partial charge in [-0.2, -0.15) is 0 Å². The molecule has 100 valence electrons. The standard InChI is InChI=1S/C15H29NO/c17-11-4-2-1-3-10-16-15-7-5-6-14(12-15)13-8-9-13/h13-17H,1-12H2. The van der Waals surface area contributed by atoms with Crippen molar-refractivity contribution < 1.29 is 5.11 Å². The molecule has 2 fully saturated rings. The second-order valence-corrected chi connectivity index (χ2v) is 6.05. The van der Waals surface area contributed by atoms with Gasteiger partial charge in [0.05, 0.1) is 0 Å². The molecule has 2 nitrogen and oxygen atoms in total. The molecule has 0 aromatic rings. The van der Waals surface area contributed by atoms with Crippen LogP contribution in [-0.4, -0.2) is 24.3 Å². The minimum atomic E-state index is 0.360. The van der Waals surface area contributed by atoms with Gasteiger partial charge in [-0.15, -0.1) is 0 Å². The van der Waals surface area contributed by atoms with Gasteiger partial charge < -0.3 is 10.4 Å². The minimum absolute atomic E-state index is 0.360. The number of unbranched alkanes of at least 4 members (excludes halogenated alkanes) is 3. The van der Waals surface area contributed by atoms with Crippen molar-refractivity contribution in [2.75, 3.05) is 13.2 Å². The Labute approximate surface area is 106 Å². The molecule has 2 N–H and O–H groups in total. The first-order chi connectivity index (χ1) is 8.40. The summed E-state index contributed by atoms with van der Waals surface area (Å²) in [7, 11) is 0. The molecule has 0 bridgehead atoms. The molecule has 2 rings (SSSR count). The van der Waals surface area contributed by atoms with E-state index in [-0.39, 0.29) is 0 Å². The smallest absolute Gasteiger partial charge is 0.0431 e. The van der Waals surface area contributed by atoms with Gasteiger partial charge >= 0.3 is 0 Å². The number of hydrogen-bond acceptors (Lipinski definition) is 2. The molecule has 0 saturated heterocycles. The van der Waals surface area contributed by atoms with Gasteiger partial charge in [0, 0.05) is 12.6 Å². The second kappa shape index (κ2) is 7.38. The molecule has 2 unspecified atom stereocenters. The van der Waals surface area contributed by atoms with Crippen molar-refractivity contribution in [2.24, 2.45) is 11.8 Å². The fourth-order valence-electron chi connectivity index (χ4n) is 3.31. The molecule has 0 aromatic carbocycles. The summed E-state index contributed by atoms with van der Waals surface area (Å²) in [5.41, 5.74) is 0. The first-order valence-corrected chi connectivity index (χ1v) is 7.74. The van der Waals surface area contributed by atoms with Crippen LogP contribution in [0.25, 0.3) is 0 Å². The third-order valence-corrected chi connectivity index (χ3v) is 4.52. The number of aliphatic hydroxyl groups is 1. The Morgan fingerprint density at radius 1 is 0.882 bits per heavy atom. The molecule has 2 aliphatic carbocycles. The average Bonchev–Trinajstić information content (AvgIpc) is 3.18. The fourth-order valence-corrected chi connectivity index (χ4v) is 3.31. The molecular weight excluding hydrogens is 210 g/mol. The van der Waals surface area contributed by atoms with Crippen LogP contribution in [0, 0.1) is 11.8 Å². The second-order valence-electron chi connectivity index (χ2n) is 6.05. The van der Waals surface area contributed by atoms with Crippen LogP contribution in [0.15, 0.2) is 0 Å². The van der Waals surface area contributed by atoms with Crippen molar-refractivity contribution in [3.05, 3.63) is 0 Å². The van der Waals surface area contributed by atoms with E-state index in [1.165, 1.54) is 64.3 Å². The fraction of sp³-hybridized carbons (Fsp3) is 1.00. The van der Waals surface area contributed by atoms with E-state index in [0.717, 1.165) is 24.3 Å². The lowest BCUT2D eigenvalue weighted by molar-refractivity contribution is 0.259. The first-order valence-electron chi connectivity index (χ1n) is 7.74. The molecule has 0 radical (unpaired) electrons. The van der Waals surface area contributed by atoms with Crippen LogP contribution in [0.2, 0.25) is 0 Å². The monoisotopic (exact) mass is 239 g/mol. The Bertz CT molecular complexity index is 203. The predicted molar refractivity (Wildman–Crippen MR) is 72.0 cm³/mol. The third kappa shape index (κ3) is 4.97. The van der Waals surface area contributed by atoms with Gasteiger partial charge in [0.1, 0.15) is 0 Å². The van der Waals surface area contributed by atoms with Gasteiger partial charge in [-0.1, -0.05) is 25.7 Å². The number of hydrogen-bond donors (Lipinski definition) is 2. The summed E-state index contributed by atoms with van der Waals surface area (Å²) in [5, 5.41) is 12.4. The number of rotatable bonds is 8. The van der Waals surface area contributed by atoms with E-state index in [0.29, 0.717) is 6.61 Å². The quantitative estimate of drug-likeness (QED) is 0.638. The minimum Gasteiger partial charge on any atom is -0.396 e. The van der Waals surface area contributed by atoms with Gasteiger partial charge in [-0.3, -0.25) is 0 Å². The van der Waals surface area contributed by atoms with Crippen LogP contribution in [0.4, 0.5) is 0 Å². The SMILES string of the molecule is OCCCCCCNC1CCCC(C2CC2)C1. The molecule has 2 atom stereocenters. The lowest BCUT2D eigenvalue weighted by Gasteiger charge is -2.30. The van der Waals surface area contributed by atoms with Crippen LogP contribution in [0.1, 0.15) is 64.2 Å². The van der Waals surface area contributed by atoms with Crippen molar-refractivity contribution in [3.8, 4) is 0 Å². The van der Waals surface area contributed by atoms with Crippen molar-refractivity contribution in [1.82, 2.24) is 5.32 Å². The van der Waals surface area contributed by atoms with E-state index < -0.39 is 0 Å². The number of nitrogens with one attached hydrogen (secondary N) is 1. The van der Waals surface area contributed by atoms with E-state index in [1.807, 2.05) is 0 Å². The zero-order valence-corrected chi connectivity index (χ0v) is 11.2. The molecule has 17 heavy (non-hydrogen) atoms. The summed E-state index contributed by atoms with van der Waals surface area (Å²) in [6.45, 7) is 1.55. The molecule has 0 amide bonds. The van der Waals surface area contributed by atoms with Crippen molar-refractivity contribution in [2.45, 2.75) is 70.3 Å². The van der Waals surface area contributed by atoms with Gasteiger partial charge in [0.25, 0.3) is 0 Å². The molecule has 0 aromatic heterocycles. The Morgan fingerprint density at radius 3 is 2.47 bits per heavy atom. The highest BCUT2D eigenvalue weighted by Crippen LogP contribution is 2.43. The van der Waals surface area contributed by atoms with E-state index in [4.69, 9.17) is 5.11 Å². The molecule has 2 aliphatic rings. The number of aliphatic hydroxyl groups excluding tert-OH is 1. The Morgan fingerprint density at radius 2 is 1.71 bits per heavy atom. The zero-order chi connectivity index (χ0) is 11.9. The van der Waals surface area contributed by atoms with Gasteiger partial charge in [0.2, 0.25) is 0 Å². The van der Waals surface area contributed by atoms with Crippen molar-refractivity contribution in [1.29, 1.82) is 0 Å². The third-order valence-electron chi connectivity index (χ3n) is 4.52. The topological polar surface area (TPSA) is 32.3 Å². The lowest BCUT2D eigenvalue weighted by Crippen LogP contribution is -2.35. The van der Waals surface area contributed by atoms with Crippen LogP contribution in [-0.2, 0) is 0 Å². The predicted octanol–water partition coefficient (Wildman–Crippen LogP) is 3.10. The highest BCUT2D eigenvalue weighted by atomic mass is 16.2. The zero-order valence-electron chi connectivity index (χ0n) is 11.2.